The molecular formula is C14H25N3O3. The molecular weight excluding hydrogens is 258 g/mol. The van der Waals surface area contributed by atoms with E-state index in [2.05, 4.69) is 10.6 Å². The van der Waals surface area contributed by atoms with Crippen molar-refractivity contribution in [1.82, 2.24) is 15.5 Å². The fourth-order valence-electron chi connectivity index (χ4n) is 2.74. The fraction of sp³-hybridized carbons (Fsp3) is 0.857. The molecule has 0 spiro atoms. The molecule has 114 valence electrons. The van der Waals surface area contributed by atoms with Crippen LogP contribution in [0.4, 0.5) is 0 Å². The van der Waals surface area contributed by atoms with Crippen LogP contribution in [0.3, 0.4) is 0 Å². The molecule has 3 N–H and O–H groups in total. The molecule has 2 aliphatic heterocycles. The Balaban J connectivity index is 1.76. The number of likely N-dealkylation sites (tertiary alicyclic amines) is 1. The maximum atomic E-state index is 12.2. The molecule has 2 atom stereocenters. The molecule has 6 heteroatoms. The van der Waals surface area contributed by atoms with Gasteiger partial charge in [0.05, 0.1) is 12.1 Å². The van der Waals surface area contributed by atoms with E-state index in [-0.39, 0.29) is 29.8 Å². The summed E-state index contributed by atoms with van der Waals surface area (Å²) in [6.45, 7) is 5.61. The third-order valence-electron chi connectivity index (χ3n) is 4.08. The number of β-amino-alcohol motifs (C(OH)–C–C–N with tert-alkyl or cyclic N) is 1. The number of carbonyl (C=O) groups is 2. The van der Waals surface area contributed by atoms with Gasteiger partial charge in [-0.2, -0.15) is 0 Å². The molecule has 2 amide bonds. The molecule has 2 aliphatic rings. The summed E-state index contributed by atoms with van der Waals surface area (Å²) in [7, 11) is 0. The van der Waals surface area contributed by atoms with Crippen LogP contribution < -0.4 is 10.6 Å². The number of amides is 2. The monoisotopic (exact) mass is 283 g/mol. The van der Waals surface area contributed by atoms with Crippen LogP contribution in [0.25, 0.3) is 0 Å². The topological polar surface area (TPSA) is 81.7 Å². The van der Waals surface area contributed by atoms with E-state index in [1.807, 2.05) is 18.7 Å². The van der Waals surface area contributed by atoms with Crippen molar-refractivity contribution < 1.29 is 14.7 Å². The predicted molar refractivity (Wildman–Crippen MR) is 75.0 cm³/mol. The van der Waals surface area contributed by atoms with E-state index in [0.29, 0.717) is 26.1 Å². The quantitative estimate of drug-likeness (QED) is 0.650. The van der Waals surface area contributed by atoms with Gasteiger partial charge >= 0.3 is 0 Å². The zero-order valence-electron chi connectivity index (χ0n) is 12.3. The van der Waals surface area contributed by atoms with E-state index in [1.54, 1.807) is 0 Å². The standard InChI is InChI=1S/C14H25N3O3/c1-9(2)13(19)16-10-3-5-17(6-4-10)14(20)12-7-11(18)8-15-12/h9-12,15,18H,3-8H2,1-2H3,(H,16,19). The molecule has 2 heterocycles. The summed E-state index contributed by atoms with van der Waals surface area (Å²) in [5.41, 5.74) is 0. The van der Waals surface area contributed by atoms with Gasteiger partial charge in [0.25, 0.3) is 0 Å². The summed E-state index contributed by atoms with van der Waals surface area (Å²) >= 11 is 0. The SMILES string of the molecule is CC(C)C(=O)NC1CCN(C(=O)C2CC(O)CN2)CC1. The first-order valence-corrected chi connectivity index (χ1v) is 7.48. The number of aliphatic hydroxyl groups is 1. The second-order valence-electron chi connectivity index (χ2n) is 6.11. The Bertz CT molecular complexity index is 365. The highest BCUT2D eigenvalue weighted by Gasteiger charge is 2.33. The highest BCUT2D eigenvalue weighted by atomic mass is 16.3. The number of aliphatic hydroxyl groups excluding tert-OH is 1. The summed E-state index contributed by atoms with van der Waals surface area (Å²) in [4.78, 5) is 25.7. The molecule has 0 aromatic rings. The van der Waals surface area contributed by atoms with Crippen molar-refractivity contribution in [1.29, 1.82) is 0 Å². The largest absolute Gasteiger partial charge is 0.392 e. The normalized spacial score (nSPS) is 27.9. The van der Waals surface area contributed by atoms with Crippen molar-refractivity contribution in [2.75, 3.05) is 19.6 Å². The Morgan fingerprint density at radius 2 is 1.95 bits per heavy atom. The Kier molecular flexibility index (Phi) is 4.99. The summed E-state index contributed by atoms with van der Waals surface area (Å²) in [5, 5.41) is 15.5. The molecule has 0 bridgehead atoms. The molecule has 0 aliphatic carbocycles. The van der Waals surface area contributed by atoms with E-state index in [1.165, 1.54) is 0 Å². The maximum Gasteiger partial charge on any atom is 0.239 e. The average Bonchev–Trinajstić information content (AvgIpc) is 2.85. The van der Waals surface area contributed by atoms with E-state index in [0.717, 1.165) is 12.8 Å². The van der Waals surface area contributed by atoms with Crippen LogP contribution in [0.2, 0.25) is 0 Å². The third-order valence-corrected chi connectivity index (χ3v) is 4.08. The molecule has 0 aromatic carbocycles. The number of hydrogen-bond donors (Lipinski definition) is 3. The van der Waals surface area contributed by atoms with Gasteiger partial charge in [-0.15, -0.1) is 0 Å². The number of hydrogen-bond acceptors (Lipinski definition) is 4. The predicted octanol–water partition coefficient (Wildman–Crippen LogP) is -0.528. The van der Waals surface area contributed by atoms with Crippen LogP contribution in [-0.4, -0.2) is 59.6 Å². The summed E-state index contributed by atoms with van der Waals surface area (Å²) in [5.74, 6) is 0.157. The fourth-order valence-corrected chi connectivity index (χ4v) is 2.74. The van der Waals surface area contributed by atoms with Crippen molar-refractivity contribution in [3.63, 3.8) is 0 Å². The minimum Gasteiger partial charge on any atom is -0.392 e. The van der Waals surface area contributed by atoms with Gasteiger partial charge in [-0.05, 0) is 19.3 Å². The molecule has 0 radical (unpaired) electrons. The zero-order valence-corrected chi connectivity index (χ0v) is 12.3. The first-order valence-electron chi connectivity index (χ1n) is 7.48. The molecule has 2 saturated heterocycles. The van der Waals surface area contributed by atoms with Crippen LogP contribution in [0.1, 0.15) is 33.1 Å². The number of piperidine rings is 1. The lowest BCUT2D eigenvalue weighted by Crippen LogP contribution is -2.51. The van der Waals surface area contributed by atoms with Gasteiger partial charge in [0, 0.05) is 31.6 Å². The molecule has 6 nitrogen and oxygen atoms in total. The number of nitrogens with one attached hydrogen (secondary N) is 2. The average molecular weight is 283 g/mol. The Hall–Kier alpha value is -1.14. The van der Waals surface area contributed by atoms with E-state index in [9.17, 15) is 14.7 Å². The van der Waals surface area contributed by atoms with Crippen molar-refractivity contribution in [2.24, 2.45) is 5.92 Å². The Morgan fingerprint density at radius 3 is 2.45 bits per heavy atom. The molecule has 2 unspecified atom stereocenters. The summed E-state index contributed by atoms with van der Waals surface area (Å²) in [6.07, 6.45) is 1.70. The molecule has 2 rings (SSSR count). The summed E-state index contributed by atoms with van der Waals surface area (Å²) in [6, 6.07) is -0.0668. The first-order chi connectivity index (χ1) is 9.47. The van der Waals surface area contributed by atoms with Crippen LogP contribution in [0.15, 0.2) is 0 Å². The van der Waals surface area contributed by atoms with Crippen LogP contribution in [0, 0.1) is 5.92 Å². The minimum atomic E-state index is -0.410. The van der Waals surface area contributed by atoms with Gasteiger partial charge in [-0.3, -0.25) is 9.59 Å². The molecule has 0 saturated carbocycles. The highest BCUT2D eigenvalue weighted by Crippen LogP contribution is 2.15. The maximum absolute atomic E-state index is 12.2. The van der Waals surface area contributed by atoms with Gasteiger partial charge in [0.2, 0.25) is 11.8 Å². The van der Waals surface area contributed by atoms with Gasteiger partial charge in [-0.1, -0.05) is 13.8 Å². The summed E-state index contributed by atoms with van der Waals surface area (Å²) < 4.78 is 0. The molecule has 2 fully saturated rings. The third kappa shape index (κ3) is 3.70. The number of rotatable bonds is 3. The smallest absolute Gasteiger partial charge is 0.239 e. The van der Waals surface area contributed by atoms with Crippen molar-refractivity contribution in [3.8, 4) is 0 Å². The molecule has 20 heavy (non-hydrogen) atoms. The minimum absolute atomic E-state index is 0.00108. The van der Waals surface area contributed by atoms with Crippen LogP contribution >= 0.6 is 0 Å². The van der Waals surface area contributed by atoms with Crippen LogP contribution in [0.5, 0.6) is 0 Å². The van der Waals surface area contributed by atoms with E-state index >= 15 is 0 Å². The molecule has 0 aromatic heterocycles. The zero-order chi connectivity index (χ0) is 14.7. The highest BCUT2D eigenvalue weighted by molar-refractivity contribution is 5.82. The Labute approximate surface area is 119 Å². The van der Waals surface area contributed by atoms with Crippen molar-refractivity contribution in [3.05, 3.63) is 0 Å². The second kappa shape index (κ2) is 6.54. The lowest BCUT2D eigenvalue weighted by Gasteiger charge is -2.34. The van der Waals surface area contributed by atoms with Gasteiger partial charge in [0.1, 0.15) is 0 Å². The first kappa shape index (κ1) is 15.3. The van der Waals surface area contributed by atoms with Crippen molar-refractivity contribution in [2.45, 2.75) is 51.3 Å². The second-order valence-corrected chi connectivity index (χ2v) is 6.11. The number of nitrogens with zero attached hydrogens (tertiary/aromatic N) is 1. The van der Waals surface area contributed by atoms with Gasteiger partial charge in [0.15, 0.2) is 0 Å². The van der Waals surface area contributed by atoms with Crippen molar-refractivity contribution >= 4 is 11.8 Å². The van der Waals surface area contributed by atoms with Gasteiger partial charge in [-0.25, -0.2) is 0 Å². The lowest BCUT2D eigenvalue weighted by molar-refractivity contribution is -0.134. The number of carbonyl (C=O) groups excluding carboxylic acids is 2. The van der Waals surface area contributed by atoms with E-state index in [4.69, 9.17) is 0 Å². The lowest BCUT2D eigenvalue weighted by atomic mass is 10.0. The van der Waals surface area contributed by atoms with E-state index < -0.39 is 6.10 Å². The van der Waals surface area contributed by atoms with Crippen LogP contribution in [-0.2, 0) is 9.59 Å². The van der Waals surface area contributed by atoms with Gasteiger partial charge < -0.3 is 20.6 Å². The Morgan fingerprint density at radius 1 is 1.30 bits per heavy atom.